The van der Waals surface area contributed by atoms with Gasteiger partial charge in [-0.25, -0.2) is 0 Å². The first-order valence-corrected chi connectivity index (χ1v) is 14.7. The van der Waals surface area contributed by atoms with Crippen LogP contribution in [0.25, 0.3) is 0 Å². The maximum atomic E-state index is 12.8. The molecule has 0 aromatic heterocycles. The van der Waals surface area contributed by atoms with Gasteiger partial charge in [-0.05, 0) is 84.8 Å². The number of aryl methyl sites for hydroxylation is 1. The van der Waals surface area contributed by atoms with Gasteiger partial charge in [0.1, 0.15) is 0 Å². The molecule has 0 aliphatic rings. The Morgan fingerprint density at radius 2 is 0.841 bits per heavy atom. The van der Waals surface area contributed by atoms with Crippen molar-refractivity contribution in [2.75, 3.05) is 51.2 Å². The molecule has 0 aliphatic carbocycles. The zero-order valence-electron chi connectivity index (χ0n) is 26.5. The van der Waals surface area contributed by atoms with Gasteiger partial charge in [0.25, 0.3) is 17.7 Å². The molecular weight excluding hydrogens is 549 g/mol. The van der Waals surface area contributed by atoms with E-state index in [9.17, 15) is 14.4 Å². The van der Waals surface area contributed by atoms with Gasteiger partial charge in [0, 0.05) is 39.3 Å². The SMILES string of the molecule is CCc1ccc(C(=O)Nc2ccc(C(=O)Nc3ccc(NC(=O)c4ccc(C[N+](C)(C)B[N+](C)(C)C)cc4)cc3)cc2)cc1. The minimum Gasteiger partial charge on any atom is -0.345 e. The number of nitrogens with zero attached hydrogens (tertiary/aromatic N) is 2. The number of anilines is 3. The fourth-order valence-corrected chi connectivity index (χ4v) is 5.30. The van der Waals surface area contributed by atoms with E-state index in [1.54, 1.807) is 60.7 Å². The number of quaternary nitrogens is 2. The summed E-state index contributed by atoms with van der Waals surface area (Å²) in [4.78, 5) is 38.2. The van der Waals surface area contributed by atoms with Crippen molar-refractivity contribution < 1.29 is 23.2 Å². The highest BCUT2D eigenvalue weighted by Gasteiger charge is 2.31. The Hall–Kier alpha value is -4.73. The second-order valence-electron chi connectivity index (χ2n) is 12.8. The molecule has 0 aliphatic heterocycles. The van der Waals surface area contributed by atoms with Gasteiger partial charge in [-0.2, -0.15) is 0 Å². The van der Waals surface area contributed by atoms with Gasteiger partial charge < -0.3 is 24.7 Å². The quantitative estimate of drug-likeness (QED) is 0.200. The average Bonchev–Trinajstić information content (AvgIpc) is 2.97. The van der Waals surface area contributed by atoms with E-state index in [4.69, 9.17) is 0 Å². The number of hydrogen-bond acceptors (Lipinski definition) is 3. The summed E-state index contributed by atoms with van der Waals surface area (Å²) in [5.74, 6) is -0.680. The third kappa shape index (κ3) is 9.39. The van der Waals surface area contributed by atoms with Gasteiger partial charge in [0.05, 0.1) is 41.8 Å². The Morgan fingerprint density at radius 1 is 0.523 bits per heavy atom. The summed E-state index contributed by atoms with van der Waals surface area (Å²) >= 11 is 0. The van der Waals surface area contributed by atoms with Crippen LogP contribution in [0, 0.1) is 0 Å². The summed E-state index contributed by atoms with van der Waals surface area (Å²) in [7, 11) is 12.0. The van der Waals surface area contributed by atoms with Gasteiger partial charge in [0.15, 0.2) is 0 Å². The van der Waals surface area contributed by atoms with Crippen molar-refractivity contribution in [1.29, 1.82) is 0 Å². The van der Waals surface area contributed by atoms with E-state index in [0.29, 0.717) is 33.8 Å². The zero-order valence-corrected chi connectivity index (χ0v) is 26.5. The highest BCUT2D eigenvalue weighted by atomic mass is 16.2. The molecule has 4 rings (SSSR count). The predicted molar refractivity (Wildman–Crippen MR) is 180 cm³/mol. The van der Waals surface area contributed by atoms with E-state index in [-0.39, 0.29) is 17.7 Å². The topological polar surface area (TPSA) is 87.3 Å². The summed E-state index contributed by atoms with van der Waals surface area (Å²) in [6.45, 7) is 2.94. The van der Waals surface area contributed by atoms with Crippen molar-refractivity contribution in [3.8, 4) is 0 Å². The van der Waals surface area contributed by atoms with E-state index >= 15 is 0 Å². The Bertz CT molecular complexity index is 1590. The normalized spacial score (nSPS) is 11.4. The number of hydrogen-bond donors (Lipinski definition) is 3. The standard InChI is InChI=1S/C35H40BN5O3/c1-7-25-8-12-27(13-9-25)33(42)37-30-18-16-29(17-19-30)35(44)39-32-22-20-31(21-23-32)38-34(43)28-14-10-26(11-15-28)24-41(5,6)36-40(2,3)4/h8-23,36H,7,24H2,1-6H3,(H-2,37,38,39,42,43,44)/p+2. The van der Waals surface area contributed by atoms with Gasteiger partial charge in [0.2, 0.25) is 0 Å². The summed E-state index contributed by atoms with van der Waals surface area (Å²) < 4.78 is 1.72. The van der Waals surface area contributed by atoms with Crippen molar-refractivity contribution in [2.45, 2.75) is 19.9 Å². The molecule has 9 heteroatoms. The molecule has 44 heavy (non-hydrogen) atoms. The molecule has 0 atom stereocenters. The molecular formula is C35H42BN5O3+2. The van der Waals surface area contributed by atoms with Gasteiger partial charge in [-0.1, -0.05) is 31.2 Å². The van der Waals surface area contributed by atoms with Gasteiger partial charge in [-0.3, -0.25) is 14.4 Å². The third-order valence-corrected chi connectivity index (χ3v) is 7.06. The maximum absolute atomic E-state index is 12.8. The molecule has 0 radical (unpaired) electrons. The fourth-order valence-electron chi connectivity index (χ4n) is 5.30. The van der Waals surface area contributed by atoms with E-state index in [1.165, 1.54) is 11.1 Å². The molecule has 0 fully saturated rings. The number of carbonyl (C=O) groups excluding carboxylic acids is 3. The zero-order chi connectivity index (χ0) is 31.9. The average molecular weight is 592 g/mol. The van der Waals surface area contributed by atoms with E-state index in [0.717, 1.165) is 29.3 Å². The van der Waals surface area contributed by atoms with Crippen LogP contribution in [0.1, 0.15) is 49.1 Å². The van der Waals surface area contributed by atoms with Crippen LogP contribution in [0.5, 0.6) is 0 Å². The first kappa shape index (κ1) is 32.2. The lowest BCUT2D eigenvalue weighted by Gasteiger charge is -2.34. The van der Waals surface area contributed by atoms with Crippen molar-refractivity contribution in [3.05, 3.63) is 125 Å². The first-order chi connectivity index (χ1) is 20.8. The van der Waals surface area contributed by atoms with E-state index in [2.05, 4.69) is 58.1 Å². The minimum atomic E-state index is -0.279. The lowest BCUT2D eigenvalue weighted by atomic mass is 9.97. The van der Waals surface area contributed by atoms with Crippen LogP contribution in [0.3, 0.4) is 0 Å². The lowest BCUT2D eigenvalue weighted by Crippen LogP contribution is -2.56. The summed E-state index contributed by atoms with van der Waals surface area (Å²) in [5, 5.41) is 8.64. The molecule has 0 saturated heterocycles. The maximum Gasteiger partial charge on any atom is 0.657 e. The monoisotopic (exact) mass is 591 g/mol. The first-order valence-electron chi connectivity index (χ1n) is 14.7. The van der Waals surface area contributed by atoms with Gasteiger partial charge >= 0.3 is 7.55 Å². The smallest absolute Gasteiger partial charge is 0.345 e. The number of rotatable bonds is 11. The van der Waals surface area contributed by atoms with Crippen LogP contribution in [0.2, 0.25) is 0 Å². The predicted octanol–water partition coefficient (Wildman–Crippen LogP) is 5.56. The third-order valence-electron chi connectivity index (χ3n) is 7.06. The van der Waals surface area contributed by atoms with Crippen LogP contribution >= 0.6 is 0 Å². The largest absolute Gasteiger partial charge is 0.657 e. The van der Waals surface area contributed by atoms with Crippen molar-refractivity contribution in [2.24, 2.45) is 0 Å². The second-order valence-corrected chi connectivity index (χ2v) is 12.8. The van der Waals surface area contributed by atoms with E-state index < -0.39 is 0 Å². The molecule has 3 N–H and O–H groups in total. The molecule has 8 nitrogen and oxygen atoms in total. The molecule has 3 amide bonds. The van der Waals surface area contributed by atoms with Crippen LogP contribution in [0.4, 0.5) is 17.1 Å². The summed E-state index contributed by atoms with van der Waals surface area (Å²) in [6.07, 6.45) is 0.914. The number of amides is 3. The van der Waals surface area contributed by atoms with Crippen LogP contribution in [-0.4, -0.2) is 69.3 Å². The highest BCUT2D eigenvalue weighted by molar-refractivity contribution is 6.16. The van der Waals surface area contributed by atoms with Crippen molar-refractivity contribution in [1.82, 2.24) is 0 Å². The Kier molecular flexibility index (Phi) is 10.0. The second kappa shape index (κ2) is 13.7. The lowest BCUT2D eigenvalue weighted by molar-refractivity contribution is -0.888. The Balaban J connectivity index is 1.28. The molecule has 0 unspecified atom stereocenters. The van der Waals surface area contributed by atoms with E-state index in [1.807, 2.05) is 36.4 Å². The number of nitrogens with one attached hydrogen (secondary N) is 3. The molecule has 0 saturated carbocycles. The number of benzene rings is 4. The Morgan fingerprint density at radius 3 is 1.18 bits per heavy atom. The van der Waals surface area contributed by atoms with Gasteiger partial charge in [-0.15, -0.1) is 0 Å². The molecule has 0 spiro atoms. The fraction of sp³-hybridized carbons (Fsp3) is 0.229. The molecule has 226 valence electrons. The van der Waals surface area contributed by atoms with Crippen LogP contribution < -0.4 is 16.0 Å². The highest BCUT2D eigenvalue weighted by Crippen LogP contribution is 2.18. The molecule has 0 bridgehead atoms. The van der Waals surface area contributed by atoms with Crippen LogP contribution in [-0.2, 0) is 13.0 Å². The number of carbonyl (C=O) groups is 3. The van der Waals surface area contributed by atoms with Crippen molar-refractivity contribution in [3.63, 3.8) is 0 Å². The molecule has 4 aromatic rings. The van der Waals surface area contributed by atoms with Crippen molar-refractivity contribution >= 4 is 42.3 Å². The molecule has 4 aromatic carbocycles. The Labute approximate surface area is 261 Å². The summed E-state index contributed by atoms with van der Waals surface area (Å²) in [6, 6.07) is 28.9. The summed E-state index contributed by atoms with van der Waals surface area (Å²) in [5.41, 5.74) is 5.78. The van der Waals surface area contributed by atoms with Crippen LogP contribution in [0.15, 0.2) is 97.1 Å². The molecule has 0 heterocycles. The minimum absolute atomic E-state index is 0.196.